The van der Waals surface area contributed by atoms with E-state index in [4.69, 9.17) is 14.2 Å². The molecule has 1 aliphatic rings. The molecule has 0 bridgehead atoms. The zero-order valence-corrected chi connectivity index (χ0v) is 24.0. The standard InChI is InChI=1S/C32H25FN4O8/c1-3-19-17-27(34-30(19)44-22-13-9-20(10-14-22)36(39)40)29(24-7-5-6-8-26(24)33)28-18-25(32(38)43-4-2)31(35-28)45-23-15-11-21(12-16-23)37(41)42/h5-18,35H,3-4H2,1-2H3. The maximum atomic E-state index is 15.4. The van der Waals surface area contributed by atoms with E-state index >= 15 is 4.39 Å². The zero-order chi connectivity index (χ0) is 32.1. The molecule has 0 radical (unpaired) electrons. The van der Waals surface area contributed by atoms with E-state index in [1.165, 1.54) is 66.7 Å². The number of rotatable bonds is 10. The maximum Gasteiger partial charge on any atom is 0.343 e. The largest absolute Gasteiger partial charge is 0.462 e. The monoisotopic (exact) mass is 612 g/mol. The first-order valence-corrected chi connectivity index (χ1v) is 13.7. The lowest BCUT2D eigenvalue weighted by atomic mass is 9.99. The molecule has 0 aliphatic carbocycles. The zero-order valence-electron chi connectivity index (χ0n) is 24.0. The highest BCUT2D eigenvalue weighted by Gasteiger charge is 2.27. The maximum absolute atomic E-state index is 15.4. The van der Waals surface area contributed by atoms with Gasteiger partial charge in [0, 0.05) is 41.0 Å². The molecule has 12 nitrogen and oxygen atoms in total. The molecule has 1 N–H and O–H groups in total. The second kappa shape index (κ2) is 13.0. The molecule has 0 saturated heterocycles. The summed E-state index contributed by atoms with van der Waals surface area (Å²) in [5, 5.41) is 22.1. The second-order valence-corrected chi connectivity index (χ2v) is 9.53. The normalized spacial score (nSPS) is 13.5. The van der Waals surface area contributed by atoms with Gasteiger partial charge in [0.05, 0.1) is 27.8 Å². The molecule has 5 rings (SSSR count). The Morgan fingerprint density at radius 2 is 1.47 bits per heavy atom. The molecule has 228 valence electrons. The number of aliphatic imine (C=N–C) groups is 1. The summed E-state index contributed by atoms with van der Waals surface area (Å²) in [6.07, 6.45) is 2.22. The fourth-order valence-electron chi connectivity index (χ4n) is 4.51. The number of aromatic amines is 1. The molecule has 3 aromatic carbocycles. The summed E-state index contributed by atoms with van der Waals surface area (Å²) in [6, 6.07) is 18.3. The summed E-state index contributed by atoms with van der Waals surface area (Å²) in [4.78, 5) is 41.7. The van der Waals surface area contributed by atoms with Crippen LogP contribution >= 0.6 is 0 Å². The van der Waals surface area contributed by atoms with Crippen molar-refractivity contribution in [1.29, 1.82) is 0 Å². The highest BCUT2D eigenvalue weighted by molar-refractivity contribution is 6.02. The summed E-state index contributed by atoms with van der Waals surface area (Å²) in [6.45, 7) is 3.61. The number of carbonyl (C=O) groups excluding carboxylic acids is 1. The van der Waals surface area contributed by atoms with Crippen molar-refractivity contribution in [2.75, 3.05) is 6.61 Å². The molecule has 0 saturated carbocycles. The van der Waals surface area contributed by atoms with Crippen LogP contribution in [0.4, 0.5) is 15.8 Å². The summed E-state index contributed by atoms with van der Waals surface area (Å²) >= 11 is 0. The number of nitrogens with one attached hydrogen (secondary N) is 1. The molecular formula is C32H25FN4O8. The molecule has 0 amide bonds. The number of nitro benzene ring substituents is 2. The van der Waals surface area contributed by atoms with Gasteiger partial charge in [-0.05, 0) is 55.8 Å². The van der Waals surface area contributed by atoms with E-state index in [1.54, 1.807) is 25.1 Å². The third kappa shape index (κ3) is 6.62. The number of allylic oxidation sites excluding steroid dienone is 1. The van der Waals surface area contributed by atoms with Gasteiger partial charge in [-0.15, -0.1) is 0 Å². The van der Waals surface area contributed by atoms with Crippen molar-refractivity contribution in [1.82, 2.24) is 4.98 Å². The molecule has 4 aromatic rings. The Morgan fingerprint density at radius 1 is 0.867 bits per heavy atom. The highest BCUT2D eigenvalue weighted by atomic mass is 19.1. The van der Waals surface area contributed by atoms with Crippen molar-refractivity contribution in [3.63, 3.8) is 0 Å². The van der Waals surface area contributed by atoms with Crippen molar-refractivity contribution in [2.24, 2.45) is 4.99 Å². The van der Waals surface area contributed by atoms with Crippen LogP contribution in [0.25, 0.3) is 5.57 Å². The molecule has 0 atom stereocenters. The fraction of sp³-hybridized carbons (Fsp3) is 0.125. The molecule has 1 aliphatic heterocycles. The third-order valence-electron chi connectivity index (χ3n) is 6.66. The lowest BCUT2D eigenvalue weighted by Gasteiger charge is -2.10. The summed E-state index contributed by atoms with van der Waals surface area (Å²) in [5.41, 5.74) is 1.47. The highest BCUT2D eigenvalue weighted by Crippen LogP contribution is 2.37. The summed E-state index contributed by atoms with van der Waals surface area (Å²) < 4.78 is 32.5. The minimum Gasteiger partial charge on any atom is -0.462 e. The van der Waals surface area contributed by atoms with Gasteiger partial charge in [-0.2, -0.15) is 0 Å². The van der Waals surface area contributed by atoms with Crippen molar-refractivity contribution in [2.45, 2.75) is 20.3 Å². The SMILES string of the molecule is CCOC(=O)c1cc(C(=C2C=C(CC)C(Oc3ccc([N+](=O)[O-])cc3)=N2)c2ccccc2F)[nH]c1Oc1ccc([N+](=O)[O-])cc1. The predicted octanol–water partition coefficient (Wildman–Crippen LogP) is 7.53. The van der Waals surface area contributed by atoms with Gasteiger partial charge in [-0.25, -0.2) is 14.2 Å². The number of esters is 1. The van der Waals surface area contributed by atoms with Gasteiger partial charge in [-0.3, -0.25) is 20.2 Å². The predicted molar refractivity (Wildman–Crippen MR) is 162 cm³/mol. The first-order chi connectivity index (χ1) is 21.7. The quantitative estimate of drug-likeness (QED) is 0.109. The van der Waals surface area contributed by atoms with Crippen LogP contribution < -0.4 is 9.47 Å². The first-order valence-electron chi connectivity index (χ1n) is 13.7. The van der Waals surface area contributed by atoms with Crippen LogP contribution in [0.3, 0.4) is 0 Å². The number of nitro groups is 2. The van der Waals surface area contributed by atoms with Crippen molar-refractivity contribution < 1.29 is 33.2 Å². The number of carbonyl (C=O) groups is 1. The fourth-order valence-corrected chi connectivity index (χ4v) is 4.51. The first kappa shape index (κ1) is 30.4. The van der Waals surface area contributed by atoms with Gasteiger partial charge in [0.2, 0.25) is 11.8 Å². The average molecular weight is 613 g/mol. The van der Waals surface area contributed by atoms with Gasteiger partial charge < -0.3 is 19.2 Å². The van der Waals surface area contributed by atoms with Crippen LogP contribution in [-0.4, -0.2) is 33.3 Å². The summed E-state index contributed by atoms with van der Waals surface area (Å²) in [7, 11) is 0. The Balaban J connectivity index is 1.63. The van der Waals surface area contributed by atoms with Gasteiger partial charge in [0.15, 0.2) is 0 Å². The van der Waals surface area contributed by atoms with Crippen LogP contribution in [0.1, 0.15) is 41.9 Å². The van der Waals surface area contributed by atoms with E-state index in [1.807, 2.05) is 6.92 Å². The number of halogens is 1. The second-order valence-electron chi connectivity index (χ2n) is 9.53. The smallest absolute Gasteiger partial charge is 0.343 e. The van der Waals surface area contributed by atoms with E-state index in [-0.39, 0.29) is 57.9 Å². The molecule has 0 spiro atoms. The number of hydrogen-bond acceptors (Lipinski definition) is 9. The van der Waals surface area contributed by atoms with Gasteiger partial charge in [-0.1, -0.05) is 25.1 Å². The number of nitrogens with zero attached hydrogens (tertiary/aromatic N) is 3. The van der Waals surface area contributed by atoms with Crippen LogP contribution in [0.2, 0.25) is 0 Å². The number of hydrogen-bond donors (Lipinski definition) is 1. The minimum absolute atomic E-state index is 0.00339. The Kier molecular flexibility index (Phi) is 8.79. The Labute approximate surface area is 255 Å². The number of benzene rings is 3. The lowest BCUT2D eigenvalue weighted by Crippen LogP contribution is -2.08. The molecule has 45 heavy (non-hydrogen) atoms. The van der Waals surface area contributed by atoms with Crippen LogP contribution in [0.5, 0.6) is 17.4 Å². The molecule has 0 fully saturated rings. The van der Waals surface area contributed by atoms with Crippen LogP contribution in [0.15, 0.2) is 101 Å². The third-order valence-corrected chi connectivity index (χ3v) is 6.66. The molecule has 0 unspecified atom stereocenters. The Bertz CT molecular complexity index is 1880. The molecule has 2 heterocycles. The van der Waals surface area contributed by atoms with E-state index in [0.717, 1.165) is 0 Å². The van der Waals surface area contributed by atoms with E-state index in [0.29, 0.717) is 23.4 Å². The van der Waals surface area contributed by atoms with E-state index in [2.05, 4.69) is 9.98 Å². The topological polar surface area (TPSA) is 159 Å². The number of aromatic nitrogens is 1. The molecular weight excluding hydrogens is 587 g/mol. The van der Waals surface area contributed by atoms with Gasteiger partial charge in [0.1, 0.15) is 22.9 Å². The van der Waals surface area contributed by atoms with Gasteiger partial charge >= 0.3 is 5.97 Å². The molecule has 1 aromatic heterocycles. The van der Waals surface area contributed by atoms with Crippen molar-refractivity contribution >= 4 is 28.8 Å². The number of non-ortho nitro benzene ring substituents is 2. The van der Waals surface area contributed by atoms with Crippen molar-refractivity contribution in [3.8, 4) is 17.4 Å². The number of H-pyrrole nitrogens is 1. The lowest BCUT2D eigenvalue weighted by molar-refractivity contribution is -0.385. The van der Waals surface area contributed by atoms with Crippen LogP contribution in [0, 0.1) is 26.0 Å². The minimum atomic E-state index is -0.711. The Morgan fingerprint density at radius 3 is 2.02 bits per heavy atom. The van der Waals surface area contributed by atoms with Gasteiger partial charge in [0.25, 0.3) is 11.4 Å². The van der Waals surface area contributed by atoms with E-state index < -0.39 is 21.6 Å². The Hall–Kier alpha value is -6.11. The molecule has 13 heteroatoms. The number of ether oxygens (including phenoxy) is 3. The summed E-state index contributed by atoms with van der Waals surface area (Å²) in [5.74, 6) is -0.570. The van der Waals surface area contributed by atoms with Crippen LogP contribution in [-0.2, 0) is 4.74 Å². The van der Waals surface area contributed by atoms with E-state index in [9.17, 15) is 25.0 Å². The van der Waals surface area contributed by atoms with Crippen molar-refractivity contribution in [3.05, 3.63) is 139 Å². The average Bonchev–Trinajstić information content (AvgIpc) is 3.63.